The van der Waals surface area contributed by atoms with E-state index in [1.807, 2.05) is 0 Å². The van der Waals surface area contributed by atoms with Crippen molar-refractivity contribution in [3.05, 3.63) is 58.0 Å². The summed E-state index contributed by atoms with van der Waals surface area (Å²) in [6, 6.07) is 0. The molecule has 0 radical (unpaired) electrons. The summed E-state index contributed by atoms with van der Waals surface area (Å²) in [5.74, 6) is -6.79. The van der Waals surface area contributed by atoms with Gasteiger partial charge in [-0.25, -0.2) is 4.99 Å². The lowest BCUT2D eigenvalue weighted by atomic mass is 9.78. The lowest BCUT2D eigenvalue weighted by Crippen LogP contribution is -2.47. The maximum atomic E-state index is 14.7. The molecule has 6 rings (SSSR count). The van der Waals surface area contributed by atoms with Crippen molar-refractivity contribution in [3.63, 3.8) is 0 Å². The highest BCUT2D eigenvalue weighted by Crippen LogP contribution is 2.52. The van der Waals surface area contributed by atoms with Crippen LogP contribution in [0.2, 0.25) is 0 Å². The first kappa shape index (κ1) is 45.7. The number of carbonyl (C=O) groups is 3. The Balaban J connectivity index is 1.55. The Morgan fingerprint density at radius 1 is 0.984 bits per heavy atom. The van der Waals surface area contributed by atoms with Crippen LogP contribution in [-0.4, -0.2) is 106 Å². The van der Waals surface area contributed by atoms with Crippen LogP contribution in [0.4, 0.5) is 5.69 Å². The van der Waals surface area contributed by atoms with E-state index < -0.39 is 88.7 Å². The zero-order chi connectivity index (χ0) is 44.9. The van der Waals surface area contributed by atoms with Gasteiger partial charge < -0.3 is 49.6 Å². The van der Waals surface area contributed by atoms with E-state index in [1.54, 1.807) is 59.8 Å². The molecule has 2 aromatic rings. The molecule has 9 atom stereocenters. The first-order chi connectivity index (χ1) is 28.6. The normalized spacial score (nSPS) is 30.8. The number of hydrogen-bond donors (Lipinski definition) is 5. The second kappa shape index (κ2) is 17.5. The Kier molecular flexibility index (Phi) is 13.1. The molecule has 1 amide bonds. The average molecular weight is 847 g/mol. The molecule has 61 heavy (non-hydrogen) atoms. The van der Waals surface area contributed by atoms with E-state index in [2.05, 4.69) is 29.1 Å². The molecule has 5 N–H and O–H groups in total. The molecule has 15 heteroatoms. The van der Waals surface area contributed by atoms with Crippen molar-refractivity contribution < 1.29 is 53.8 Å². The second-order valence-corrected chi connectivity index (χ2v) is 18.0. The maximum Gasteiger partial charge on any atom is 0.312 e. The number of carbonyl (C=O) groups excluding carboxylic acids is 3. The van der Waals surface area contributed by atoms with Crippen LogP contribution in [-0.2, 0) is 23.8 Å². The number of aliphatic hydroxyl groups is 2. The van der Waals surface area contributed by atoms with E-state index in [0.717, 1.165) is 19.6 Å². The summed E-state index contributed by atoms with van der Waals surface area (Å²) in [6.07, 6.45) is 5.07. The van der Waals surface area contributed by atoms with Gasteiger partial charge in [-0.1, -0.05) is 59.8 Å². The molecule has 2 aromatic carbocycles. The summed E-state index contributed by atoms with van der Waals surface area (Å²) in [5, 5.41) is 50.8. The van der Waals surface area contributed by atoms with Gasteiger partial charge in [0.25, 0.3) is 11.7 Å². The van der Waals surface area contributed by atoms with Gasteiger partial charge in [0.15, 0.2) is 17.2 Å². The van der Waals surface area contributed by atoms with Gasteiger partial charge in [0.05, 0.1) is 35.8 Å². The number of phenols is 2. The van der Waals surface area contributed by atoms with Crippen LogP contribution in [0.3, 0.4) is 0 Å². The topological polar surface area (TPSA) is 209 Å². The molecule has 15 nitrogen and oxygen atoms in total. The fraction of sp³-hybridized carbons (Fsp3) is 0.587. The van der Waals surface area contributed by atoms with Gasteiger partial charge >= 0.3 is 11.8 Å². The number of allylic oxidation sites excluding steroid dienone is 2. The van der Waals surface area contributed by atoms with Crippen LogP contribution in [0.15, 0.2) is 46.1 Å². The van der Waals surface area contributed by atoms with Crippen molar-refractivity contribution in [2.75, 3.05) is 32.1 Å². The lowest BCUT2D eigenvalue weighted by molar-refractivity contribution is -0.160. The first-order valence-corrected chi connectivity index (χ1v) is 21.2. The van der Waals surface area contributed by atoms with Crippen LogP contribution < -0.4 is 20.8 Å². The predicted octanol–water partition coefficient (Wildman–Crippen LogP) is 4.75. The van der Waals surface area contributed by atoms with Gasteiger partial charge in [-0.3, -0.25) is 19.4 Å². The largest absolute Gasteiger partial charge is 0.505 e. The number of nitrogens with zero attached hydrogens (tertiary/aromatic N) is 3. The Bertz CT molecular complexity index is 2300. The molecule has 4 aliphatic rings. The molecule has 4 heterocycles. The summed E-state index contributed by atoms with van der Waals surface area (Å²) >= 11 is 0. The van der Waals surface area contributed by atoms with Gasteiger partial charge in [-0.05, 0) is 25.8 Å². The van der Waals surface area contributed by atoms with Crippen molar-refractivity contribution in [2.24, 2.45) is 39.6 Å². The van der Waals surface area contributed by atoms with E-state index >= 15 is 0 Å². The molecular weight excluding hydrogens is 785 g/mol. The first-order valence-electron chi connectivity index (χ1n) is 21.2. The van der Waals surface area contributed by atoms with Gasteiger partial charge in [-0.15, -0.1) is 0 Å². The van der Waals surface area contributed by atoms with Gasteiger partial charge in [0, 0.05) is 99.0 Å². The quantitative estimate of drug-likeness (QED) is 0.208. The van der Waals surface area contributed by atoms with Crippen molar-refractivity contribution in [1.29, 1.82) is 0 Å². The number of ketones is 1. The monoisotopic (exact) mass is 846 g/mol. The number of aromatic hydroxyl groups is 2. The number of aliphatic hydroxyl groups excluding tert-OH is 2. The molecule has 1 fully saturated rings. The number of amides is 1. The van der Waals surface area contributed by atoms with E-state index in [9.17, 15) is 34.8 Å². The Morgan fingerprint density at radius 2 is 1.66 bits per heavy atom. The Labute approximate surface area is 356 Å². The number of nitrogens with one attached hydrogen (secondary N) is 1. The highest BCUT2D eigenvalue weighted by atomic mass is 16.7. The van der Waals surface area contributed by atoms with Crippen molar-refractivity contribution in [1.82, 2.24) is 4.90 Å². The molecule has 0 aromatic heterocycles. The number of aryl methyl sites for hydroxylation is 1. The summed E-state index contributed by atoms with van der Waals surface area (Å²) in [6.45, 7) is 19.6. The Morgan fingerprint density at radius 3 is 2.28 bits per heavy atom. The smallest absolute Gasteiger partial charge is 0.312 e. The molecule has 0 aliphatic carbocycles. The van der Waals surface area contributed by atoms with Crippen LogP contribution in [0.25, 0.3) is 10.8 Å². The predicted molar refractivity (Wildman–Crippen MR) is 228 cm³/mol. The number of phenolic OH excluding ortho intramolecular Hbond substituents is 2. The van der Waals surface area contributed by atoms with Crippen LogP contribution in [0.1, 0.15) is 91.1 Å². The second-order valence-electron chi connectivity index (χ2n) is 18.0. The highest BCUT2D eigenvalue weighted by molar-refractivity contribution is 6.21. The van der Waals surface area contributed by atoms with E-state index in [4.69, 9.17) is 23.9 Å². The number of ether oxygens (including phenoxy) is 4. The highest BCUT2D eigenvalue weighted by Gasteiger charge is 2.51. The number of likely N-dealkylation sites (tertiary alicyclic amines) is 1. The molecule has 4 aliphatic heterocycles. The zero-order valence-corrected chi connectivity index (χ0v) is 37.1. The minimum atomic E-state index is -2.00. The summed E-state index contributed by atoms with van der Waals surface area (Å²) in [5.41, 5.74) is -0.0924. The van der Waals surface area contributed by atoms with Gasteiger partial charge in [0.2, 0.25) is 0 Å². The zero-order valence-electron chi connectivity index (χ0n) is 37.1. The fourth-order valence-electron chi connectivity index (χ4n) is 9.27. The third-order valence-corrected chi connectivity index (χ3v) is 12.9. The number of anilines is 1. The molecule has 1 saturated heterocycles. The number of rotatable bonds is 4. The summed E-state index contributed by atoms with van der Waals surface area (Å²) in [7, 11) is 1.46. The Hall–Kier alpha value is -4.83. The van der Waals surface area contributed by atoms with Gasteiger partial charge in [0.1, 0.15) is 22.5 Å². The van der Waals surface area contributed by atoms with E-state index in [0.29, 0.717) is 24.4 Å². The van der Waals surface area contributed by atoms with Crippen LogP contribution in [0, 0.1) is 36.5 Å². The maximum absolute atomic E-state index is 14.7. The number of esters is 1. The standard InChI is InChI=1S/C46H62N4O11/c1-22(2)21-50-18-16-46(17-19-50)48-34-32-31-26(6)39(54)42-33(32)43(56)45(10,61-42)59-20-15-30(58-11)25(5)41(60-29(9)51)28(8)38(53)27(7)37(52)23(3)13-12-14-24(4)44(57)47-36(40(31)55)35(34)49-46/h12-15,20,22-23,25,27-28,30,37-38,41,48,52-55H,16-19,21H2,1-11H3/t23-,25+,27+,28+,30-,37-,38+,41+,45-/m0/s1. The van der Waals surface area contributed by atoms with Crippen molar-refractivity contribution >= 4 is 34.1 Å². The minimum Gasteiger partial charge on any atom is -0.505 e. The third-order valence-electron chi connectivity index (χ3n) is 12.9. The number of fused-ring (bicyclic) bond motifs is 1. The van der Waals surface area contributed by atoms with E-state index in [-0.39, 0.29) is 43.9 Å². The third kappa shape index (κ3) is 8.54. The molecule has 0 saturated carbocycles. The van der Waals surface area contributed by atoms with Crippen LogP contribution >= 0.6 is 0 Å². The summed E-state index contributed by atoms with van der Waals surface area (Å²) in [4.78, 5) is 52.9. The van der Waals surface area contributed by atoms with Crippen molar-refractivity contribution in [3.8, 4) is 17.2 Å². The van der Waals surface area contributed by atoms with E-state index in [1.165, 1.54) is 33.3 Å². The number of hydrogen-bond acceptors (Lipinski definition) is 14. The molecule has 332 valence electrons. The number of methoxy groups -OCH3 is 1. The molecule has 1 spiro atoms. The number of piperidine rings is 1. The number of benzene rings is 2. The molecule has 0 unspecified atom stereocenters. The fourth-order valence-corrected chi connectivity index (χ4v) is 9.27. The average Bonchev–Trinajstić information content (AvgIpc) is 3.71. The van der Waals surface area contributed by atoms with Crippen LogP contribution in [0.5, 0.6) is 17.2 Å². The SMILES string of the molecule is CO[C@H]1C=CO[C@@]2(C)Oc3c(O)c(C)c4c(O)c(c5c(c4c3C2=O)NC2(CCN(CC(C)C)CC2)N=5)=NC(=O)C(C)=CC=C[C@H](C)[C@H](O)[C@@H](C)[C@@H](O)[C@@H](C)[C@H](OC(C)=O)[C@@H]1C. The molecular formula is C46H62N4O11. The van der Waals surface area contributed by atoms with Gasteiger partial charge in [-0.2, -0.15) is 0 Å². The number of Topliss-reactive ketones (excluding diaryl/α,β-unsaturated/α-hetero) is 1. The lowest BCUT2D eigenvalue weighted by Gasteiger charge is -2.38. The summed E-state index contributed by atoms with van der Waals surface area (Å²) < 4.78 is 23.9. The molecule has 4 bridgehead atoms. The minimum absolute atomic E-state index is 0.0362. The van der Waals surface area contributed by atoms with Crippen molar-refractivity contribution in [2.45, 2.75) is 118 Å².